The van der Waals surface area contributed by atoms with E-state index in [1.807, 2.05) is 6.07 Å². The number of aliphatic carboxylic acids is 1. The molecule has 0 bridgehead atoms. The number of rotatable bonds is 7. The van der Waals surface area contributed by atoms with Crippen molar-refractivity contribution in [2.24, 2.45) is 0 Å². The van der Waals surface area contributed by atoms with Crippen molar-refractivity contribution in [3.05, 3.63) is 84.7 Å². The third-order valence-corrected chi connectivity index (χ3v) is 5.63. The van der Waals surface area contributed by atoms with Gasteiger partial charge in [-0.15, -0.1) is 0 Å². The van der Waals surface area contributed by atoms with Crippen LogP contribution in [0.2, 0.25) is 0 Å². The second-order valence-electron chi connectivity index (χ2n) is 8.22. The van der Waals surface area contributed by atoms with E-state index in [2.05, 4.69) is 25.6 Å². The number of esters is 2. The zero-order valence-electron chi connectivity index (χ0n) is 22.1. The minimum atomic E-state index is -1.21. The zero-order valence-corrected chi connectivity index (χ0v) is 22.1. The number of anilines is 3. The number of nitrogens with one attached hydrogen (secondary N) is 2. The number of hydrogen-bond donors (Lipinski definition) is 4. The maximum absolute atomic E-state index is 11.8. The molecule has 1 aliphatic rings. The lowest BCUT2D eigenvalue weighted by atomic mass is 10.1. The lowest BCUT2D eigenvalue weighted by Crippen LogP contribution is -2.28. The second-order valence-corrected chi connectivity index (χ2v) is 8.22. The number of ether oxygens (including phenoxy) is 2. The highest BCUT2D eigenvalue weighted by molar-refractivity contribution is 6.14. The summed E-state index contributed by atoms with van der Waals surface area (Å²) >= 11 is 0. The predicted molar refractivity (Wildman–Crippen MR) is 150 cm³/mol. The van der Waals surface area contributed by atoms with Gasteiger partial charge in [-0.1, -0.05) is 0 Å². The molecule has 2 aromatic heterocycles. The molecule has 0 atom stereocenters. The Balaban J connectivity index is 0.000000194. The molecule has 4 aromatic rings. The van der Waals surface area contributed by atoms with Gasteiger partial charge in [0.25, 0.3) is 0 Å². The number of fused-ring (bicyclic) bond motifs is 4. The van der Waals surface area contributed by atoms with Crippen molar-refractivity contribution in [2.45, 2.75) is 13.8 Å². The highest BCUT2D eigenvalue weighted by Crippen LogP contribution is 2.36. The first-order valence-electron chi connectivity index (χ1n) is 12.4. The monoisotopic (exact) mass is 558 g/mol. The average Bonchev–Trinajstić information content (AvgIpc) is 2.97. The molecule has 0 aliphatic carbocycles. The van der Waals surface area contributed by atoms with E-state index in [-0.39, 0.29) is 24.5 Å². The van der Waals surface area contributed by atoms with Gasteiger partial charge in [-0.3, -0.25) is 20.2 Å². The molecule has 0 fully saturated rings. The highest BCUT2D eigenvalue weighted by Gasteiger charge is 2.25. The molecule has 0 radical (unpaired) electrons. The van der Waals surface area contributed by atoms with Crippen molar-refractivity contribution >= 4 is 56.9 Å². The van der Waals surface area contributed by atoms with E-state index < -0.39 is 17.9 Å². The second kappa shape index (κ2) is 13.0. The van der Waals surface area contributed by atoms with Gasteiger partial charge in [0.1, 0.15) is 0 Å². The van der Waals surface area contributed by atoms with Gasteiger partial charge in [0, 0.05) is 42.1 Å². The molecule has 210 valence electrons. The van der Waals surface area contributed by atoms with Crippen LogP contribution in [0.25, 0.3) is 21.9 Å². The summed E-state index contributed by atoms with van der Waals surface area (Å²) in [5.41, 5.74) is 3.45. The molecule has 13 heteroatoms. The summed E-state index contributed by atoms with van der Waals surface area (Å²) in [5.74, 6) is -2.68. The van der Waals surface area contributed by atoms with Gasteiger partial charge in [0.15, 0.2) is 11.3 Å². The number of carboxylic acids is 1. The molecule has 41 heavy (non-hydrogen) atoms. The molecule has 1 aliphatic heterocycles. The van der Waals surface area contributed by atoms with Crippen molar-refractivity contribution in [1.82, 2.24) is 15.0 Å². The van der Waals surface area contributed by atoms with Crippen LogP contribution in [0.4, 0.5) is 17.1 Å². The fourth-order valence-electron chi connectivity index (χ4n) is 3.78. The van der Waals surface area contributed by atoms with Crippen LogP contribution in [-0.4, -0.2) is 56.4 Å². The molecule has 3 heterocycles. The third kappa shape index (κ3) is 6.54. The molecular formula is C28H26N6O7. The SMILES string of the molecule is CCOC(=O)C(=CNc1ccc2nccnc2c1)C(=O)OCC.O=C(O)C1=CNc2c(ccc3ncccc23)N1O. The van der Waals surface area contributed by atoms with E-state index >= 15 is 0 Å². The van der Waals surface area contributed by atoms with Crippen molar-refractivity contribution in [3.63, 3.8) is 0 Å². The van der Waals surface area contributed by atoms with Crippen LogP contribution in [0.3, 0.4) is 0 Å². The van der Waals surface area contributed by atoms with Gasteiger partial charge in [0.05, 0.1) is 41.1 Å². The summed E-state index contributed by atoms with van der Waals surface area (Å²) in [5, 5.41) is 26.0. The lowest BCUT2D eigenvalue weighted by Gasteiger charge is -2.25. The fraction of sp³-hybridized carbons (Fsp3) is 0.143. The Hall–Kier alpha value is -5.56. The molecule has 13 nitrogen and oxygen atoms in total. The fourth-order valence-corrected chi connectivity index (χ4v) is 3.78. The molecule has 0 saturated carbocycles. The predicted octanol–water partition coefficient (Wildman–Crippen LogP) is 3.83. The standard InChI is InChI=1S/C16H17N3O4.C12H9N3O3/c1-3-22-15(20)12(16(21)23-4-2)10-19-11-5-6-13-14(9-11)18-8-7-17-13;16-12(17)10-6-14-11-7-2-1-5-13-8(7)3-4-9(11)15(10)18/h5-10,19H,3-4H2,1-2H3;1-6,14,18H,(H,16,17). The smallest absolute Gasteiger partial charge is 0.356 e. The number of hydroxylamine groups is 1. The van der Waals surface area contributed by atoms with Crippen molar-refractivity contribution in [2.75, 3.05) is 28.9 Å². The number of hydrogen-bond acceptors (Lipinski definition) is 12. The van der Waals surface area contributed by atoms with Crippen molar-refractivity contribution in [3.8, 4) is 0 Å². The number of carboxylic acid groups (broad SMARTS) is 1. The third-order valence-electron chi connectivity index (χ3n) is 5.63. The minimum absolute atomic E-state index is 0.168. The summed E-state index contributed by atoms with van der Waals surface area (Å²) in [6.07, 6.45) is 7.39. The molecule has 2 aromatic carbocycles. The Morgan fingerprint density at radius 3 is 2.27 bits per heavy atom. The molecule has 0 amide bonds. The van der Waals surface area contributed by atoms with E-state index in [4.69, 9.17) is 14.6 Å². The summed E-state index contributed by atoms with van der Waals surface area (Å²) < 4.78 is 9.72. The lowest BCUT2D eigenvalue weighted by molar-refractivity contribution is -0.146. The molecule has 0 spiro atoms. The molecular weight excluding hydrogens is 532 g/mol. The van der Waals surface area contributed by atoms with Gasteiger partial charge < -0.3 is 25.2 Å². The Labute approximate surface area is 233 Å². The Morgan fingerprint density at radius 1 is 0.927 bits per heavy atom. The number of carbonyl (C=O) groups is 3. The Kier molecular flexibility index (Phi) is 9.02. The van der Waals surface area contributed by atoms with Gasteiger partial charge in [-0.2, -0.15) is 0 Å². The largest absolute Gasteiger partial charge is 0.476 e. The van der Waals surface area contributed by atoms with Gasteiger partial charge in [0.2, 0.25) is 0 Å². The Bertz CT molecular complexity index is 1650. The van der Waals surface area contributed by atoms with Crippen LogP contribution in [0, 0.1) is 0 Å². The maximum Gasteiger partial charge on any atom is 0.356 e. The summed E-state index contributed by atoms with van der Waals surface area (Å²) in [6, 6.07) is 12.3. The van der Waals surface area contributed by atoms with Crippen molar-refractivity contribution in [1.29, 1.82) is 0 Å². The van der Waals surface area contributed by atoms with Gasteiger partial charge in [-0.25, -0.2) is 19.4 Å². The van der Waals surface area contributed by atoms with Gasteiger partial charge >= 0.3 is 17.9 Å². The van der Waals surface area contributed by atoms with E-state index in [0.717, 1.165) is 16.4 Å². The first-order valence-corrected chi connectivity index (χ1v) is 12.4. The van der Waals surface area contributed by atoms with E-state index in [9.17, 15) is 19.6 Å². The van der Waals surface area contributed by atoms with Crippen molar-refractivity contribution < 1.29 is 34.2 Å². The van der Waals surface area contributed by atoms with Crippen LogP contribution in [0.15, 0.2) is 84.7 Å². The van der Waals surface area contributed by atoms with Gasteiger partial charge in [-0.05, 0) is 56.3 Å². The molecule has 0 saturated heterocycles. The summed E-state index contributed by atoms with van der Waals surface area (Å²) in [4.78, 5) is 47.1. The maximum atomic E-state index is 11.8. The molecule has 0 unspecified atom stereocenters. The quantitative estimate of drug-likeness (QED) is 0.111. The van der Waals surface area contributed by atoms with E-state index in [1.54, 1.807) is 68.8 Å². The van der Waals surface area contributed by atoms with Crippen LogP contribution in [0.5, 0.6) is 0 Å². The topological polar surface area (TPSA) is 176 Å². The van der Waals surface area contributed by atoms with E-state index in [1.165, 1.54) is 12.4 Å². The average molecular weight is 559 g/mol. The molecule has 4 N–H and O–H groups in total. The normalized spacial score (nSPS) is 11.7. The number of aromatic nitrogens is 3. The molecule has 5 rings (SSSR count). The van der Waals surface area contributed by atoms with Crippen LogP contribution >= 0.6 is 0 Å². The number of carbonyl (C=O) groups excluding carboxylic acids is 2. The Morgan fingerprint density at radius 2 is 1.59 bits per heavy atom. The zero-order chi connectivity index (χ0) is 29.4. The summed E-state index contributed by atoms with van der Waals surface area (Å²) in [7, 11) is 0. The number of nitrogens with zero attached hydrogens (tertiary/aromatic N) is 4. The van der Waals surface area contributed by atoms with E-state index in [0.29, 0.717) is 27.6 Å². The van der Waals surface area contributed by atoms with Crippen LogP contribution in [0.1, 0.15) is 13.8 Å². The first kappa shape index (κ1) is 28.4. The highest BCUT2D eigenvalue weighted by atomic mass is 16.6. The number of pyridine rings is 1. The first-order chi connectivity index (χ1) is 19.8. The summed E-state index contributed by atoms with van der Waals surface area (Å²) in [6.45, 7) is 3.66. The van der Waals surface area contributed by atoms with Crippen LogP contribution < -0.4 is 15.7 Å². The number of benzene rings is 2. The van der Waals surface area contributed by atoms with Crippen LogP contribution in [-0.2, 0) is 23.9 Å². The minimum Gasteiger partial charge on any atom is -0.476 e.